The van der Waals surface area contributed by atoms with Crippen molar-refractivity contribution in [2.24, 2.45) is 5.41 Å². The molecule has 4 heterocycles. The van der Waals surface area contributed by atoms with Gasteiger partial charge in [0.15, 0.2) is 12.2 Å². The molecule has 2 N–H and O–H groups in total. The van der Waals surface area contributed by atoms with E-state index in [0.717, 1.165) is 46.3 Å². The molecule has 2 unspecified atom stereocenters. The predicted octanol–water partition coefficient (Wildman–Crippen LogP) is 7.88. The van der Waals surface area contributed by atoms with Crippen molar-refractivity contribution >= 4 is 57.8 Å². The van der Waals surface area contributed by atoms with E-state index in [-0.39, 0.29) is 53.7 Å². The van der Waals surface area contributed by atoms with Crippen LogP contribution in [-0.4, -0.2) is 90.6 Å². The normalized spacial score (nSPS) is 18.2. The number of thioether (sulfide) groups is 2. The van der Waals surface area contributed by atoms with Crippen molar-refractivity contribution in [1.29, 1.82) is 0 Å². The number of aliphatic carboxylic acids is 1. The van der Waals surface area contributed by atoms with Crippen LogP contribution in [0.3, 0.4) is 0 Å². The van der Waals surface area contributed by atoms with Gasteiger partial charge in [0.2, 0.25) is 5.91 Å². The number of aromatic nitrogens is 2. The number of hydrogen-bond acceptors (Lipinski definition) is 14. The molecule has 0 bridgehead atoms. The third kappa shape index (κ3) is 14.0. The monoisotopic (exact) mass is 926 g/mol. The number of rotatable bonds is 21. The summed E-state index contributed by atoms with van der Waals surface area (Å²) in [6.07, 6.45) is 3.40. The summed E-state index contributed by atoms with van der Waals surface area (Å²) in [6, 6.07) is 22.1. The number of esters is 2. The number of carbonyl (C=O) groups excluding carboxylic acids is 5. The van der Waals surface area contributed by atoms with Crippen molar-refractivity contribution in [3.8, 4) is 11.5 Å². The molecule has 0 radical (unpaired) electrons. The fraction of sp³-hybridized carbons (Fsp3) is 0.417. The first-order valence-electron chi connectivity index (χ1n) is 21.4. The maximum absolute atomic E-state index is 13.0. The van der Waals surface area contributed by atoms with E-state index in [4.69, 9.17) is 24.1 Å². The highest BCUT2D eigenvalue weighted by Gasteiger charge is 2.43. The summed E-state index contributed by atoms with van der Waals surface area (Å²) < 4.78 is 22.7. The molecule has 2 fully saturated rings. The Morgan fingerprint density at radius 2 is 1.42 bits per heavy atom. The van der Waals surface area contributed by atoms with Gasteiger partial charge in [-0.2, -0.15) is 0 Å². The number of carbonyl (C=O) groups is 6. The van der Waals surface area contributed by atoms with Crippen LogP contribution in [0, 0.1) is 5.41 Å². The summed E-state index contributed by atoms with van der Waals surface area (Å²) >= 11 is 2.27. The number of imide groups is 1. The lowest BCUT2D eigenvalue weighted by Crippen LogP contribution is -2.35. The average Bonchev–Trinajstić information content (AvgIpc) is 3.76. The smallest absolute Gasteiger partial charge is 0.311 e. The molecule has 17 heteroatoms. The highest BCUT2D eigenvalue weighted by atomic mass is 32.2. The molecule has 0 aliphatic carbocycles. The van der Waals surface area contributed by atoms with Crippen LogP contribution >= 0.6 is 23.5 Å². The zero-order valence-corrected chi connectivity index (χ0v) is 38.7. The van der Waals surface area contributed by atoms with Crippen LogP contribution in [0.25, 0.3) is 0 Å². The van der Waals surface area contributed by atoms with Gasteiger partial charge in [0.1, 0.15) is 29.5 Å². The molecule has 2 aliphatic heterocycles. The number of nitrogens with one attached hydrogen (secondary N) is 1. The Morgan fingerprint density at radius 3 is 1.94 bits per heavy atom. The fourth-order valence-corrected chi connectivity index (χ4v) is 8.96. The molecule has 3 amide bonds. The quantitative estimate of drug-likeness (QED) is 0.0764. The van der Waals surface area contributed by atoms with Gasteiger partial charge in [-0.3, -0.25) is 44.1 Å². The molecule has 4 atom stereocenters. The third-order valence-electron chi connectivity index (χ3n) is 10.7. The largest absolute Gasteiger partial charge is 0.489 e. The summed E-state index contributed by atoms with van der Waals surface area (Å²) in [5.74, 6) is -1.39. The van der Waals surface area contributed by atoms with Crippen LogP contribution in [0.2, 0.25) is 0 Å². The Morgan fingerprint density at radius 1 is 0.831 bits per heavy atom. The third-order valence-corrected chi connectivity index (χ3v) is 12.9. The van der Waals surface area contributed by atoms with Crippen molar-refractivity contribution < 1.29 is 52.8 Å². The van der Waals surface area contributed by atoms with Crippen molar-refractivity contribution in [2.45, 2.75) is 95.3 Å². The predicted molar refractivity (Wildman–Crippen MR) is 245 cm³/mol. The second-order valence-corrected chi connectivity index (χ2v) is 19.8. The molecular formula is C48H54N4O11S2. The van der Waals surface area contributed by atoms with E-state index < -0.39 is 34.3 Å². The van der Waals surface area contributed by atoms with E-state index in [1.807, 2.05) is 69.0 Å². The van der Waals surface area contributed by atoms with Crippen LogP contribution in [0.15, 0.2) is 85.2 Å². The van der Waals surface area contributed by atoms with Gasteiger partial charge in [-0.15, -0.1) is 0 Å². The number of hydrogen-bond donors (Lipinski definition) is 2. The molecular weight excluding hydrogens is 873 g/mol. The van der Waals surface area contributed by atoms with Crippen LogP contribution in [0.1, 0.15) is 93.3 Å². The molecule has 0 spiro atoms. The van der Waals surface area contributed by atoms with Crippen molar-refractivity contribution in [2.75, 3.05) is 26.3 Å². The van der Waals surface area contributed by atoms with Gasteiger partial charge in [-0.25, -0.2) is 0 Å². The molecule has 2 aliphatic rings. The van der Waals surface area contributed by atoms with E-state index >= 15 is 0 Å². The zero-order chi connectivity index (χ0) is 46.7. The van der Waals surface area contributed by atoms with Gasteiger partial charge < -0.3 is 29.0 Å². The van der Waals surface area contributed by atoms with E-state index in [0.29, 0.717) is 49.4 Å². The Hall–Kier alpha value is -5.94. The average molecular weight is 927 g/mol. The van der Waals surface area contributed by atoms with Gasteiger partial charge in [0, 0.05) is 59.7 Å². The number of ether oxygens (including phenoxy) is 4. The van der Waals surface area contributed by atoms with E-state index in [1.54, 1.807) is 55.7 Å². The minimum absolute atomic E-state index is 0.00498. The Bertz CT molecular complexity index is 2320. The molecule has 6 rings (SSSR count). The second kappa shape index (κ2) is 21.8. The highest BCUT2D eigenvalue weighted by Crippen LogP contribution is 2.35. The number of pyridine rings is 2. The molecule has 2 aromatic carbocycles. The second-order valence-electron chi connectivity index (χ2n) is 17.1. The minimum atomic E-state index is -1.12. The van der Waals surface area contributed by atoms with Gasteiger partial charge >= 0.3 is 17.9 Å². The maximum atomic E-state index is 13.0. The van der Waals surface area contributed by atoms with Crippen LogP contribution in [-0.2, 0) is 54.3 Å². The standard InChI is InChI=1S/C48H54N4O11S2/c1-6-34-13-11-33(25-49-34)40(63-44(57)47(2,3)4)29-61-36-15-7-30(8-16-36)23-38-27-52(46(59)64-38)22-21-35-14-12-32(26-50-35)39(62-42(55)20-19-41(53)54)28-60-37-17-9-31(10-18-37)24-48(5)43(56)51-45(58)65-48/h7-18,25-26,38-40H,6,19-24,27-29H2,1-5H3,(H,53,54)(H,51,56,58)/t38?,39-,40+,48?/m1/s1. The number of carboxylic acid groups (broad SMARTS) is 1. The molecule has 0 saturated carbocycles. The van der Waals surface area contributed by atoms with Crippen molar-refractivity contribution in [3.05, 3.63) is 119 Å². The summed E-state index contributed by atoms with van der Waals surface area (Å²) in [7, 11) is 0. The summed E-state index contributed by atoms with van der Waals surface area (Å²) in [6.45, 7) is 10.2. The number of carboxylic acids is 1. The molecule has 2 aromatic heterocycles. The lowest BCUT2D eigenvalue weighted by Gasteiger charge is -2.24. The van der Waals surface area contributed by atoms with Gasteiger partial charge in [0.05, 0.1) is 18.3 Å². The molecule has 4 aromatic rings. The first-order chi connectivity index (χ1) is 31.0. The van der Waals surface area contributed by atoms with Crippen LogP contribution in [0.4, 0.5) is 9.59 Å². The number of nitrogens with zero attached hydrogens (tertiary/aromatic N) is 3. The molecule has 15 nitrogen and oxygen atoms in total. The Balaban J connectivity index is 0.994. The maximum Gasteiger partial charge on any atom is 0.311 e. The minimum Gasteiger partial charge on any atom is -0.489 e. The SMILES string of the molecule is CCc1ccc([C@H](COc2ccc(CC3CN(CCc4ccc([C@@H](COc5ccc(CC6(C)SC(=O)NC6=O)cc5)OC(=O)CCC(=O)O)cn4)C(=O)S3)cc2)OC(=O)C(C)(C)C)cn1. The fourth-order valence-electron chi connectivity index (χ4n) is 6.89. The van der Waals surface area contributed by atoms with Gasteiger partial charge in [-0.1, -0.05) is 55.1 Å². The van der Waals surface area contributed by atoms with Crippen molar-refractivity contribution in [3.63, 3.8) is 0 Å². The topological polar surface area (TPSA) is 201 Å². The van der Waals surface area contributed by atoms with E-state index in [9.17, 15) is 28.8 Å². The van der Waals surface area contributed by atoms with Gasteiger partial charge in [0.25, 0.3) is 10.5 Å². The van der Waals surface area contributed by atoms with E-state index in [1.165, 1.54) is 11.8 Å². The van der Waals surface area contributed by atoms with E-state index in [2.05, 4.69) is 15.3 Å². The summed E-state index contributed by atoms with van der Waals surface area (Å²) in [5.41, 5.74) is 4.17. The summed E-state index contributed by atoms with van der Waals surface area (Å²) in [4.78, 5) is 84.4. The molecule has 65 heavy (non-hydrogen) atoms. The number of benzene rings is 2. The number of amides is 3. The Labute approximate surface area is 386 Å². The first kappa shape index (κ1) is 48.5. The lowest BCUT2D eigenvalue weighted by atomic mass is 9.97. The van der Waals surface area contributed by atoms with Gasteiger partial charge in [-0.05, 0) is 106 Å². The van der Waals surface area contributed by atoms with Crippen LogP contribution < -0.4 is 14.8 Å². The first-order valence-corrected chi connectivity index (χ1v) is 23.1. The molecule has 344 valence electrons. The highest BCUT2D eigenvalue weighted by molar-refractivity contribution is 8.16. The molecule has 2 saturated heterocycles. The lowest BCUT2D eigenvalue weighted by molar-refractivity contribution is -0.160. The zero-order valence-electron chi connectivity index (χ0n) is 37.1. The van der Waals surface area contributed by atoms with Crippen molar-refractivity contribution in [1.82, 2.24) is 20.2 Å². The Kier molecular flexibility index (Phi) is 16.3. The van der Waals surface area contributed by atoms with Crippen LogP contribution in [0.5, 0.6) is 11.5 Å². The number of aryl methyl sites for hydroxylation is 1. The summed E-state index contributed by atoms with van der Waals surface area (Å²) in [5, 5.41) is 11.1.